The Balaban J connectivity index is 1.69. The molecule has 3 nitrogen and oxygen atoms in total. The van der Waals surface area contributed by atoms with Crippen LogP contribution in [0.5, 0.6) is 0 Å². The maximum absolute atomic E-state index is 13.4. The van der Waals surface area contributed by atoms with Gasteiger partial charge in [0.15, 0.2) is 11.6 Å². The molecule has 2 heterocycles. The van der Waals surface area contributed by atoms with Crippen LogP contribution in [0.3, 0.4) is 0 Å². The molecule has 5 heteroatoms. The van der Waals surface area contributed by atoms with Crippen molar-refractivity contribution in [3.63, 3.8) is 0 Å². The SMILES string of the molecule is Cc1cncc(CN2CCO[C@@H](c3ccc(F)c(F)c3)C2)c1. The van der Waals surface area contributed by atoms with Crippen LogP contribution in [0, 0.1) is 18.6 Å². The number of pyridine rings is 1. The second-order valence-corrected chi connectivity index (χ2v) is 5.64. The Morgan fingerprint density at radius 3 is 2.86 bits per heavy atom. The van der Waals surface area contributed by atoms with Crippen LogP contribution in [0.2, 0.25) is 0 Å². The lowest BCUT2D eigenvalue weighted by Gasteiger charge is -2.33. The highest BCUT2D eigenvalue weighted by molar-refractivity contribution is 5.21. The van der Waals surface area contributed by atoms with Crippen LogP contribution in [-0.2, 0) is 11.3 Å². The Bertz CT molecular complexity index is 663. The van der Waals surface area contributed by atoms with Crippen molar-refractivity contribution in [2.75, 3.05) is 19.7 Å². The number of hydrogen-bond donors (Lipinski definition) is 0. The Kier molecular flexibility index (Phi) is 4.45. The number of hydrogen-bond acceptors (Lipinski definition) is 3. The van der Waals surface area contributed by atoms with E-state index in [1.807, 2.05) is 19.3 Å². The average Bonchev–Trinajstić information content (AvgIpc) is 2.50. The molecule has 2 aromatic rings. The van der Waals surface area contributed by atoms with Crippen molar-refractivity contribution in [2.45, 2.75) is 19.6 Å². The van der Waals surface area contributed by atoms with Gasteiger partial charge >= 0.3 is 0 Å². The number of morpholine rings is 1. The van der Waals surface area contributed by atoms with Gasteiger partial charge in [-0.1, -0.05) is 12.1 Å². The molecule has 116 valence electrons. The first-order chi connectivity index (χ1) is 10.6. The van der Waals surface area contributed by atoms with Gasteiger partial charge in [0, 0.05) is 32.0 Å². The minimum Gasteiger partial charge on any atom is -0.371 e. The fraction of sp³-hybridized carbons (Fsp3) is 0.353. The quantitative estimate of drug-likeness (QED) is 0.870. The predicted octanol–water partition coefficient (Wildman–Crippen LogP) is 3.24. The van der Waals surface area contributed by atoms with Crippen molar-refractivity contribution in [2.24, 2.45) is 0 Å². The van der Waals surface area contributed by atoms with E-state index in [2.05, 4.69) is 16.0 Å². The molecule has 3 rings (SSSR count). The maximum atomic E-state index is 13.4. The molecule has 1 fully saturated rings. The summed E-state index contributed by atoms with van der Waals surface area (Å²) < 4.78 is 32.1. The third kappa shape index (κ3) is 3.48. The summed E-state index contributed by atoms with van der Waals surface area (Å²) in [5.41, 5.74) is 2.94. The number of benzene rings is 1. The number of halogens is 2. The molecular weight excluding hydrogens is 286 g/mol. The summed E-state index contributed by atoms with van der Waals surface area (Å²) in [6, 6.07) is 6.06. The van der Waals surface area contributed by atoms with Crippen LogP contribution in [0.4, 0.5) is 8.78 Å². The van der Waals surface area contributed by atoms with E-state index in [1.165, 1.54) is 6.07 Å². The number of aryl methyl sites for hydroxylation is 1. The molecule has 0 amide bonds. The van der Waals surface area contributed by atoms with Gasteiger partial charge in [0.25, 0.3) is 0 Å². The zero-order chi connectivity index (χ0) is 15.5. The smallest absolute Gasteiger partial charge is 0.159 e. The third-order valence-electron chi connectivity index (χ3n) is 3.80. The molecule has 0 unspecified atom stereocenters. The largest absolute Gasteiger partial charge is 0.371 e. The summed E-state index contributed by atoms with van der Waals surface area (Å²) in [7, 11) is 0. The van der Waals surface area contributed by atoms with E-state index in [0.29, 0.717) is 18.7 Å². The monoisotopic (exact) mass is 304 g/mol. The highest BCUT2D eigenvalue weighted by Crippen LogP contribution is 2.24. The van der Waals surface area contributed by atoms with E-state index < -0.39 is 11.6 Å². The molecule has 22 heavy (non-hydrogen) atoms. The Hall–Kier alpha value is -1.85. The van der Waals surface area contributed by atoms with Crippen LogP contribution in [0.25, 0.3) is 0 Å². The highest BCUT2D eigenvalue weighted by Gasteiger charge is 2.23. The predicted molar refractivity (Wildman–Crippen MR) is 79.3 cm³/mol. The van der Waals surface area contributed by atoms with Crippen LogP contribution >= 0.6 is 0 Å². The zero-order valence-electron chi connectivity index (χ0n) is 12.4. The molecule has 0 N–H and O–H groups in total. The molecule has 1 aromatic heterocycles. The zero-order valence-corrected chi connectivity index (χ0v) is 12.4. The highest BCUT2D eigenvalue weighted by atomic mass is 19.2. The molecule has 1 aliphatic rings. The van der Waals surface area contributed by atoms with Crippen molar-refractivity contribution in [1.82, 2.24) is 9.88 Å². The molecule has 0 saturated carbocycles. The summed E-state index contributed by atoms with van der Waals surface area (Å²) in [5.74, 6) is -1.66. The van der Waals surface area contributed by atoms with Crippen molar-refractivity contribution in [1.29, 1.82) is 0 Å². The van der Waals surface area contributed by atoms with Crippen molar-refractivity contribution >= 4 is 0 Å². The lowest BCUT2D eigenvalue weighted by atomic mass is 10.1. The van der Waals surface area contributed by atoms with E-state index in [0.717, 1.165) is 30.3 Å². The lowest BCUT2D eigenvalue weighted by molar-refractivity contribution is -0.0331. The van der Waals surface area contributed by atoms with Crippen LogP contribution < -0.4 is 0 Å². The molecule has 0 aliphatic carbocycles. The second kappa shape index (κ2) is 6.50. The first kappa shape index (κ1) is 15.1. The van der Waals surface area contributed by atoms with Crippen LogP contribution in [-0.4, -0.2) is 29.6 Å². The van der Waals surface area contributed by atoms with Gasteiger partial charge in [-0.3, -0.25) is 9.88 Å². The summed E-state index contributed by atoms with van der Waals surface area (Å²) in [6.07, 6.45) is 3.45. The van der Waals surface area contributed by atoms with Crippen LogP contribution in [0.15, 0.2) is 36.7 Å². The minimum atomic E-state index is -0.832. The van der Waals surface area contributed by atoms with Crippen molar-refractivity contribution < 1.29 is 13.5 Å². The van der Waals surface area contributed by atoms with Gasteiger partial charge in [0.05, 0.1) is 12.7 Å². The van der Waals surface area contributed by atoms with Crippen molar-refractivity contribution in [3.8, 4) is 0 Å². The normalized spacial score (nSPS) is 19.3. The Morgan fingerprint density at radius 2 is 2.09 bits per heavy atom. The molecule has 1 aromatic carbocycles. The minimum absolute atomic E-state index is 0.235. The molecule has 0 radical (unpaired) electrons. The fourth-order valence-corrected chi connectivity index (χ4v) is 2.72. The van der Waals surface area contributed by atoms with E-state index >= 15 is 0 Å². The maximum Gasteiger partial charge on any atom is 0.159 e. The lowest BCUT2D eigenvalue weighted by Crippen LogP contribution is -2.37. The second-order valence-electron chi connectivity index (χ2n) is 5.64. The number of nitrogens with zero attached hydrogens (tertiary/aromatic N) is 2. The molecule has 1 saturated heterocycles. The average molecular weight is 304 g/mol. The topological polar surface area (TPSA) is 25.4 Å². The number of rotatable bonds is 3. The molecule has 0 spiro atoms. The van der Waals surface area contributed by atoms with Crippen molar-refractivity contribution in [3.05, 3.63) is 65.0 Å². The third-order valence-corrected chi connectivity index (χ3v) is 3.80. The molecular formula is C17H18F2N2O. The van der Waals surface area contributed by atoms with E-state index in [-0.39, 0.29) is 6.10 Å². The van der Waals surface area contributed by atoms with Gasteiger partial charge in [0.2, 0.25) is 0 Å². The number of aromatic nitrogens is 1. The van der Waals surface area contributed by atoms with Gasteiger partial charge in [-0.2, -0.15) is 0 Å². The van der Waals surface area contributed by atoms with Gasteiger partial charge in [-0.25, -0.2) is 8.78 Å². The molecule has 0 bridgehead atoms. The van der Waals surface area contributed by atoms with E-state index in [4.69, 9.17) is 4.74 Å². The standard InChI is InChI=1S/C17H18F2N2O/c1-12-6-13(9-20-8-12)10-21-4-5-22-17(11-21)14-2-3-15(18)16(19)7-14/h2-3,6-9,17H,4-5,10-11H2,1H3/t17-/m1/s1. The summed E-state index contributed by atoms with van der Waals surface area (Å²) >= 11 is 0. The number of ether oxygens (including phenoxy) is 1. The van der Waals surface area contributed by atoms with Gasteiger partial charge in [0.1, 0.15) is 0 Å². The van der Waals surface area contributed by atoms with E-state index in [9.17, 15) is 8.78 Å². The van der Waals surface area contributed by atoms with Gasteiger partial charge in [-0.15, -0.1) is 0 Å². The first-order valence-corrected chi connectivity index (χ1v) is 7.31. The van der Waals surface area contributed by atoms with Crippen LogP contribution in [0.1, 0.15) is 22.8 Å². The molecule has 1 aliphatic heterocycles. The van der Waals surface area contributed by atoms with Gasteiger partial charge in [-0.05, 0) is 35.7 Å². The first-order valence-electron chi connectivity index (χ1n) is 7.31. The summed E-state index contributed by atoms with van der Waals surface area (Å²) in [4.78, 5) is 6.44. The fourth-order valence-electron chi connectivity index (χ4n) is 2.72. The molecule has 1 atom stereocenters. The van der Waals surface area contributed by atoms with E-state index in [1.54, 1.807) is 6.07 Å². The van der Waals surface area contributed by atoms with Gasteiger partial charge < -0.3 is 4.74 Å². The summed E-state index contributed by atoms with van der Waals surface area (Å²) in [5, 5.41) is 0. The Labute approximate surface area is 128 Å². The summed E-state index contributed by atoms with van der Waals surface area (Å²) in [6.45, 7) is 4.83. The Morgan fingerprint density at radius 1 is 1.23 bits per heavy atom.